The Kier molecular flexibility index (Phi) is 2.64. The lowest BCUT2D eigenvalue weighted by molar-refractivity contribution is 0.0952. The summed E-state index contributed by atoms with van der Waals surface area (Å²) in [5.41, 5.74) is 5.85. The van der Waals surface area contributed by atoms with Crippen molar-refractivity contribution in [2.24, 2.45) is 0 Å². The number of nitrogens with one attached hydrogen (secondary N) is 2. The topological polar surface area (TPSA) is 96.7 Å². The van der Waals surface area contributed by atoms with E-state index in [0.717, 1.165) is 5.01 Å². The molecule has 0 aliphatic carbocycles. The zero-order valence-electron chi connectivity index (χ0n) is 7.73. The summed E-state index contributed by atoms with van der Waals surface area (Å²) in [7, 11) is 0. The molecule has 0 aliphatic heterocycles. The molecule has 7 heteroatoms. The van der Waals surface area contributed by atoms with Crippen LogP contribution in [0.15, 0.2) is 17.8 Å². The maximum atomic E-state index is 11.5. The van der Waals surface area contributed by atoms with Gasteiger partial charge in [0.15, 0.2) is 0 Å². The molecule has 15 heavy (non-hydrogen) atoms. The molecule has 0 aliphatic rings. The van der Waals surface area contributed by atoms with Crippen LogP contribution in [0.2, 0.25) is 0 Å². The zero-order valence-corrected chi connectivity index (χ0v) is 8.54. The average molecular weight is 223 g/mol. The molecule has 0 aromatic carbocycles. The van der Waals surface area contributed by atoms with E-state index in [1.165, 1.54) is 17.5 Å². The Morgan fingerprint density at radius 2 is 2.53 bits per heavy atom. The highest BCUT2D eigenvalue weighted by molar-refractivity contribution is 7.09. The number of aromatic amines is 1. The van der Waals surface area contributed by atoms with Crippen molar-refractivity contribution in [2.45, 2.75) is 6.54 Å². The van der Waals surface area contributed by atoms with E-state index in [1.54, 1.807) is 6.20 Å². The predicted molar refractivity (Wildman–Crippen MR) is 56.3 cm³/mol. The first-order chi connectivity index (χ1) is 7.27. The molecule has 6 nitrogen and oxygen atoms in total. The summed E-state index contributed by atoms with van der Waals surface area (Å²) in [6.07, 6.45) is 3.09. The minimum Gasteiger partial charge on any atom is -0.383 e. The van der Waals surface area contributed by atoms with Gasteiger partial charge in [0.2, 0.25) is 0 Å². The number of carbonyl (C=O) groups is 1. The molecule has 0 unspecified atom stereocenters. The first-order valence-electron chi connectivity index (χ1n) is 4.23. The molecule has 1 amide bonds. The molecule has 4 N–H and O–H groups in total. The van der Waals surface area contributed by atoms with Gasteiger partial charge in [-0.2, -0.15) is 5.10 Å². The molecule has 78 valence electrons. The van der Waals surface area contributed by atoms with E-state index < -0.39 is 0 Å². The lowest BCUT2D eigenvalue weighted by Crippen LogP contribution is -2.23. The van der Waals surface area contributed by atoms with E-state index in [1.807, 2.05) is 5.38 Å². The van der Waals surface area contributed by atoms with Crippen LogP contribution in [0.3, 0.4) is 0 Å². The van der Waals surface area contributed by atoms with Crippen LogP contribution < -0.4 is 11.1 Å². The molecule has 0 saturated carbocycles. The number of rotatable bonds is 3. The van der Waals surface area contributed by atoms with Gasteiger partial charge in [-0.25, -0.2) is 4.98 Å². The summed E-state index contributed by atoms with van der Waals surface area (Å²) in [6.45, 7) is 0.404. The number of nitrogen functional groups attached to an aromatic ring is 1. The average Bonchev–Trinajstić information content (AvgIpc) is 2.84. The van der Waals surface area contributed by atoms with Crippen LogP contribution in [0.5, 0.6) is 0 Å². The van der Waals surface area contributed by atoms with Crippen LogP contribution in [-0.4, -0.2) is 21.1 Å². The number of nitrogens with zero attached hydrogens (tertiary/aromatic N) is 2. The number of hydrogen-bond donors (Lipinski definition) is 3. The Bertz CT molecular complexity index is 449. The largest absolute Gasteiger partial charge is 0.383 e. The minimum atomic E-state index is -0.253. The summed E-state index contributed by atoms with van der Waals surface area (Å²) in [5, 5.41) is 11.6. The number of amides is 1. The molecular formula is C8H9N5OS. The van der Waals surface area contributed by atoms with Gasteiger partial charge >= 0.3 is 0 Å². The third-order valence-electron chi connectivity index (χ3n) is 1.80. The minimum absolute atomic E-state index is 0.253. The van der Waals surface area contributed by atoms with E-state index in [9.17, 15) is 4.79 Å². The molecule has 2 aromatic rings. The Balaban J connectivity index is 1.96. The van der Waals surface area contributed by atoms with E-state index in [-0.39, 0.29) is 11.7 Å². The monoisotopic (exact) mass is 223 g/mol. The molecule has 2 aromatic heterocycles. The predicted octanol–water partition coefficient (Wildman–Crippen LogP) is 0.378. The Morgan fingerprint density at radius 1 is 1.67 bits per heavy atom. The van der Waals surface area contributed by atoms with E-state index in [4.69, 9.17) is 5.73 Å². The SMILES string of the molecule is Nc1[nH]ncc1C(=O)NCc1nccs1. The van der Waals surface area contributed by atoms with Crippen LogP contribution in [0.1, 0.15) is 15.4 Å². The highest BCUT2D eigenvalue weighted by Crippen LogP contribution is 2.07. The highest BCUT2D eigenvalue weighted by Gasteiger charge is 2.11. The van der Waals surface area contributed by atoms with Crippen molar-refractivity contribution in [1.29, 1.82) is 0 Å². The third-order valence-corrected chi connectivity index (χ3v) is 2.58. The first kappa shape index (κ1) is 9.66. The first-order valence-corrected chi connectivity index (χ1v) is 5.11. The molecule has 2 rings (SSSR count). The maximum absolute atomic E-state index is 11.5. The van der Waals surface area contributed by atoms with Gasteiger partial charge in [-0.15, -0.1) is 11.3 Å². The van der Waals surface area contributed by atoms with Gasteiger partial charge in [0.1, 0.15) is 16.4 Å². The van der Waals surface area contributed by atoms with Crippen molar-refractivity contribution in [3.8, 4) is 0 Å². The molecule has 0 bridgehead atoms. The summed E-state index contributed by atoms with van der Waals surface area (Å²) in [6, 6.07) is 0. The molecule has 0 saturated heterocycles. The van der Waals surface area contributed by atoms with Crippen LogP contribution in [0.25, 0.3) is 0 Å². The lowest BCUT2D eigenvalue weighted by atomic mass is 10.3. The number of carbonyl (C=O) groups excluding carboxylic acids is 1. The number of thiazole rings is 1. The smallest absolute Gasteiger partial charge is 0.256 e. The van der Waals surface area contributed by atoms with Gasteiger partial charge in [-0.05, 0) is 0 Å². The van der Waals surface area contributed by atoms with Crippen LogP contribution in [-0.2, 0) is 6.54 Å². The van der Waals surface area contributed by atoms with Crippen LogP contribution in [0, 0.1) is 0 Å². The summed E-state index contributed by atoms with van der Waals surface area (Å²) >= 11 is 1.49. The summed E-state index contributed by atoms with van der Waals surface area (Å²) < 4.78 is 0. The van der Waals surface area contributed by atoms with Crippen molar-refractivity contribution in [3.63, 3.8) is 0 Å². The third kappa shape index (κ3) is 2.13. The fourth-order valence-electron chi connectivity index (χ4n) is 1.07. The zero-order chi connectivity index (χ0) is 10.7. The van der Waals surface area contributed by atoms with E-state index in [2.05, 4.69) is 20.5 Å². The summed E-state index contributed by atoms with van der Waals surface area (Å²) in [4.78, 5) is 15.6. The van der Waals surface area contributed by atoms with Crippen molar-refractivity contribution in [3.05, 3.63) is 28.3 Å². The number of aromatic nitrogens is 3. The standard InChI is InChI=1S/C8H9N5OS/c9-7-5(3-12-13-7)8(14)11-4-6-10-1-2-15-6/h1-3H,4H2,(H,11,14)(H3,9,12,13). The second-order valence-electron chi connectivity index (χ2n) is 2.81. The van der Waals surface area contributed by atoms with Crippen molar-refractivity contribution >= 4 is 23.1 Å². The number of H-pyrrole nitrogens is 1. The van der Waals surface area contributed by atoms with Crippen molar-refractivity contribution in [2.75, 3.05) is 5.73 Å². The highest BCUT2D eigenvalue weighted by atomic mass is 32.1. The second-order valence-corrected chi connectivity index (χ2v) is 3.78. The maximum Gasteiger partial charge on any atom is 0.256 e. The van der Waals surface area contributed by atoms with Gasteiger partial charge < -0.3 is 11.1 Å². The molecule has 0 radical (unpaired) electrons. The Hall–Kier alpha value is -1.89. The number of hydrogen-bond acceptors (Lipinski definition) is 5. The molecule has 2 heterocycles. The van der Waals surface area contributed by atoms with Gasteiger partial charge in [0, 0.05) is 11.6 Å². The van der Waals surface area contributed by atoms with Crippen molar-refractivity contribution in [1.82, 2.24) is 20.5 Å². The molecular weight excluding hydrogens is 214 g/mol. The molecule has 0 atom stereocenters. The normalized spacial score (nSPS) is 10.1. The van der Waals surface area contributed by atoms with E-state index >= 15 is 0 Å². The van der Waals surface area contributed by atoms with Gasteiger partial charge in [-0.3, -0.25) is 9.89 Å². The quantitative estimate of drug-likeness (QED) is 0.700. The molecule has 0 spiro atoms. The summed E-state index contributed by atoms with van der Waals surface area (Å²) in [5.74, 6) is 0.0167. The Labute approximate surface area is 89.5 Å². The van der Waals surface area contributed by atoms with E-state index in [0.29, 0.717) is 12.1 Å². The number of nitrogens with two attached hydrogens (primary N) is 1. The van der Waals surface area contributed by atoms with Gasteiger partial charge in [0.05, 0.1) is 12.7 Å². The Morgan fingerprint density at radius 3 is 3.13 bits per heavy atom. The lowest BCUT2D eigenvalue weighted by Gasteiger charge is -2.00. The number of anilines is 1. The fourth-order valence-corrected chi connectivity index (χ4v) is 1.62. The van der Waals surface area contributed by atoms with Gasteiger partial charge in [-0.1, -0.05) is 0 Å². The second kappa shape index (κ2) is 4.09. The fraction of sp³-hybridized carbons (Fsp3) is 0.125. The van der Waals surface area contributed by atoms with Gasteiger partial charge in [0.25, 0.3) is 5.91 Å². The van der Waals surface area contributed by atoms with Crippen LogP contribution in [0.4, 0.5) is 5.82 Å². The van der Waals surface area contributed by atoms with Crippen molar-refractivity contribution < 1.29 is 4.79 Å². The van der Waals surface area contributed by atoms with Crippen LogP contribution >= 0.6 is 11.3 Å². The molecule has 0 fully saturated rings.